The van der Waals surface area contributed by atoms with Gasteiger partial charge >= 0.3 is 0 Å². The Hall–Kier alpha value is -1.84. The number of carbonyl (C=O) groups excluding carboxylic acids is 1. The van der Waals surface area contributed by atoms with E-state index in [9.17, 15) is 4.79 Å². The highest BCUT2D eigenvalue weighted by Crippen LogP contribution is 2.06. The molecule has 0 fully saturated rings. The Bertz CT molecular complexity index is 441. The van der Waals surface area contributed by atoms with Crippen LogP contribution in [0, 0.1) is 6.92 Å². The number of nitrogens with one attached hydrogen (secondary N) is 1. The third-order valence-electron chi connectivity index (χ3n) is 2.73. The van der Waals surface area contributed by atoms with Crippen LogP contribution in [0.15, 0.2) is 29.3 Å². The molecule has 0 saturated heterocycles. The number of hydrogen-bond acceptors (Lipinski definition) is 3. The van der Waals surface area contributed by atoms with Crippen molar-refractivity contribution in [2.24, 2.45) is 4.99 Å². The van der Waals surface area contributed by atoms with Crippen molar-refractivity contribution < 1.29 is 9.53 Å². The lowest BCUT2D eigenvalue weighted by Gasteiger charge is -2.10. The van der Waals surface area contributed by atoms with Gasteiger partial charge in [-0.05, 0) is 31.9 Å². The Morgan fingerprint density at radius 1 is 1.44 bits per heavy atom. The molecule has 98 valence electrons. The number of hydrogen-bond donors (Lipinski definition) is 1. The van der Waals surface area contributed by atoms with E-state index in [1.54, 1.807) is 6.07 Å². The molecule has 1 aromatic rings. The Balaban J connectivity index is 2.81. The number of ether oxygens (including phenoxy) is 1. The molecule has 0 aliphatic carbocycles. The van der Waals surface area contributed by atoms with Crippen molar-refractivity contribution in [3.8, 4) is 0 Å². The van der Waals surface area contributed by atoms with E-state index in [2.05, 4.69) is 10.3 Å². The van der Waals surface area contributed by atoms with Crippen LogP contribution in [0.3, 0.4) is 0 Å². The first-order valence-corrected chi connectivity index (χ1v) is 6.07. The largest absolute Gasteiger partial charge is 0.468 e. The van der Waals surface area contributed by atoms with Gasteiger partial charge in [0.05, 0.1) is 13.2 Å². The number of aryl methyl sites for hydroxylation is 1. The molecule has 4 heteroatoms. The number of methoxy groups -OCH3 is 1. The topological polar surface area (TPSA) is 50.7 Å². The summed E-state index contributed by atoms with van der Waals surface area (Å²) >= 11 is 0. The van der Waals surface area contributed by atoms with Crippen LogP contribution in [0.4, 0.5) is 0 Å². The van der Waals surface area contributed by atoms with Gasteiger partial charge in [0.15, 0.2) is 0 Å². The first-order valence-electron chi connectivity index (χ1n) is 6.07. The van der Waals surface area contributed by atoms with Crippen molar-refractivity contribution >= 4 is 11.9 Å². The first kappa shape index (κ1) is 14.2. The number of carbonyl (C=O) groups is 1. The molecule has 0 aliphatic heterocycles. The Morgan fingerprint density at radius 3 is 2.67 bits per heavy atom. The molecule has 1 aromatic carbocycles. The van der Waals surface area contributed by atoms with Gasteiger partial charge in [0.25, 0.3) is 11.9 Å². The van der Waals surface area contributed by atoms with Crippen LogP contribution >= 0.6 is 0 Å². The molecule has 0 unspecified atom stereocenters. The second-order valence-electron chi connectivity index (χ2n) is 4.16. The Kier molecular flexibility index (Phi) is 5.36. The van der Waals surface area contributed by atoms with E-state index in [-0.39, 0.29) is 18.0 Å². The quantitative estimate of drug-likeness (QED) is 0.660. The molecule has 1 atom stereocenters. The van der Waals surface area contributed by atoms with E-state index >= 15 is 0 Å². The molecule has 18 heavy (non-hydrogen) atoms. The molecule has 0 aromatic heterocycles. The van der Waals surface area contributed by atoms with Crippen LogP contribution < -0.4 is 5.32 Å². The number of nitrogens with zero attached hydrogens (tertiary/aromatic N) is 1. The van der Waals surface area contributed by atoms with Gasteiger partial charge in [-0.15, -0.1) is 0 Å². The predicted molar refractivity (Wildman–Crippen MR) is 72.8 cm³/mol. The van der Waals surface area contributed by atoms with Gasteiger partial charge in [-0.2, -0.15) is 0 Å². The molecule has 1 N–H and O–H groups in total. The summed E-state index contributed by atoms with van der Waals surface area (Å²) in [4.78, 5) is 16.3. The van der Waals surface area contributed by atoms with Crippen LogP contribution in [-0.2, 0) is 4.74 Å². The van der Waals surface area contributed by atoms with Gasteiger partial charge in [-0.1, -0.05) is 25.1 Å². The SMILES string of the molecule is CC[C@@H](C)N=C(NC(=O)c1ccccc1C)OC. The third kappa shape index (κ3) is 3.87. The van der Waals surface area contributed by atoms with Crippen LogP contribution in [0.2, 0.25) is 0 Å². The van der Waals surface area contributed by atoms with Crippen molar-refractivity contribution in [3.63, 3.8) is 0 Å². The van der Waals surface area contributed by atoms with Gasteiger partial charge < -0.3 is 4.74 Å². The molecule has 1 rings (SSSR count). The fourth-order valence-electron chi connectivity index (χ4n) is 1.42. The molecule has 0 saturated carbocycles. The molecule has 1 amide bonds. The van der Waals surface area contributed by atoms with Crippen LogP contribution in [0.25, 0.3) is 0 Å². The molecule has 0 spiro atoms. The molecular weight excluding hydrogens is 228 g/mol. The fraction of sp³-hybridized carbons (Fsp3) is 0.429. The number of benzene rings is 1. The van der Waals surface area contributed by atoms with E-state index in [0.717, 1.165) is 12.0 Å². The molecule has 0 bridgehead atoms. The fourth-order valence-corrected chi connectivity index (χ4v) is 1.42. The zero-order valence-corrected chi connectivity index (χ0v) is 11.4. The maximum atomic E-state index is 12.0. The first-order chi connectivity index (χ1) is 8.58. The zero-order valence-electron chi connectivity index (χ0n) is 11.4. The number of amidine groups is 1. The standard InChI is InChI=1S/C14H20N2O2/c1-5-11(3)15-14(18-4)16-13(17)12-9-7-6-8-10(12)2/h6-9,11H,5H2,1-4H3,(H,15,16,17)/t11-/m1/s1. The van der Waals surface area contributed by atoms with Gasteiger partial charge in [0, 0.05) is 5.56 Å². The van der Waals surface area contributed by atoms with Crippen LogP contribution in [-0.4, -0.2) is 25.1 Å². The van der Waals surface area contributed by atoms with E-state index in [0.29, 0.717) is 5.56 Å². The molecule has 0 heterocycles. The molecular formula is C14H20N2O2. The summed E-state index contributed by atoms with van der Waals surface area (Å²) in [5.74, 6) is -0.197. The van der Waals surface area contributed by atoms with Crippen molar-refractivity contribution in [1.82, 2.24) is 5.32 Å². The summed E-state index contributed by atoms with van der Waals surface area (Å²) in [5, 5.41) is 2.68. The van der Waals surface area contributed by atoms with Crippen molar-refractivity contribution in [2.45, 2.75) is 33.2 Å². The third-order valence-corrected chi connectivity index (χ3v) is 2.73. The monoisotopic (exact) mass is 248 g/mol. The van der Waals surface area contributed by atoms with Crippen LogP contribution in [0.5, 0.6) is 0 Å². The smallest absolute Gasteiger partial charge is 0.291 e. The summed E-state index contributed by atoms with van der Waals surface area (Å²) < 4.78 is 5.07. The minimum Gasteiger partial charge on any atom is -0.468 e. The van der Waals surface area contributed by atoms with Gasteiger partial charge in [0.2, 0.25) is 0 Å². The van der Waals surface area contributed by atoms with Crippen molar-refractivity contribution in [2.75, 3.05) is 7.11 Å². The van der Waals surface area contributed by atoms with Crippen LogP contribution in [0.1, 0.15) is 36.2 Å². The second kappa shape index (κ2) is 6.79. The lowest BCUT2D eigenvalue weighted by Crippen LogP contribution is -2.33. The average Bonchev–Trinajstić information content (AvgIpc) is 2.38. The lowest BCUT2D eigenvalue weighted by molar-refractivity contribution is 0.0967. The van der Waals surface area contributed by atoms with Gasteiger partial charge in [0.1, 0.15) is 0 Å². The average molecular weight is 248 g/mol. The Morgan fingerprint density at radius 2 is 2.11 bits per heavy atom. The van der Waals surface area contributed by atoms with Gasteiger partial charge in [-0.3, -0.25) is 10.1 Å². The van der Waals surface area contributed by atoms with E-state index in [1.165, 1.54) is 7.11 Å². The maximum Gasteiger partial charge on any atom is 0.291 e. The Labute approximate surface area is 108 Å². The predicted octanol–water partition coefficient (Wildman–Crippen LogP) is 2.53. The van der Waals surface area contributed by atoms with Crippen molar-refractivity contribution in [3.05, 3.63) is 35.4 Å². The summed E-state index contributed by atoms with van der Waals surface area (Å²) in [6, 6.07) is 7.79. The number of aliphatic imine (C=N–C) groups is 1. The summed E-state index contributed by atoms with van der Waals surface area (Å²) in [7, 11) is 1.50. The molecule has 0 aliphatic rings. The summed E-state index contributed by atoms with van der Waals surface area (Å²) in [6.45, 7) is 5.90. The molecule has 0 radical (unpaired) electrons. The highest BCUT2D eigenvalue weighted by molar-refractivity contribution is 6.04. The highest BCUT2D eigenvalue weighted by atomic mass is 16.5. The normalized spacial score (nSPS) is 13.0. The minimum atomic E-state index is -0.197. The number of amides is 1. The van der Waals surface area contributed by atoms with Gasteiger partial charge in [-0.25, -0.2) is 4.99 Å². The maximum absolute atomic E-state index is 12.0. The van der Waals surface area contributed by atoms with E-state index in [1.807, 2.05) is 39.0 Å². The summed E-state index contributed by atoms with van der Waals surface area (Å²) in [5.41, 5.74) is 1.56. The zero-order chi connectivity index (χ0) is 13.5. The highest BCUT2D eigenvalue weighted by Gasteiger charge is 2.11. The number of rotatable bonds is 3. The van der Waals surface area contributed by atoms with Crippen molar-refractivity contribution in [1.29, 1.82) is 0 Å². The van der Waals surface area contributed by atoms with E-state index in [4.69, 9.17) is 4.74 Å². The second-order valence-corrected chi connectivity index (χ2v) is 4.16. The minimum absolute atomic E-state index is 0.122. The van der Waals surface area contributed by atoms with E-state index < -0.39 is 0 Å². The summed E-state index contributed by atoms with van der Waals surface area (Å²) in [6.07, 6.45) is 0.896. The lowest BCUT2D eigenvalue weighted by atomic mass is 10.1. The molecule has 4 nitrogen and oxygen atoms in total.